The highest BCUT2D eigenvalue weighted by Crippen LogP contribution is 2.23. The van der Waals surface area contributed by atoms with Gasteiger partial charge in [0.25, 0.3) is 0 Å². The van der Waals surface area contributed by atoms with Gasteiger partial charge in [-0.1, -0.05) is 6.07 Å². The number of likely N-dealkylation sites (N-methyl/N-ethyl adjacent to an activating group) is 1. The molecule has 0 bridgehead atoms. The highest BCUT2D eigenvalue weighted by molar-refractivity contribution is 5.35. The first-order valence-corrected chi connectivity index (χ1v) is 4.86. The molecule has 0 aliphatic rings. The molecular weight excluding hydrogens is 194 g/mol. The van der Waals surface area contributed by atoms with Crippen molar-refractivity contribution >= 4 is 0 Å². The van der Waals surface area contributed by atoms with E-state index in [9.17, 15) is 15.3 Å². The van der Waals surface area contributed by atoms with E-state index >= 15 is 0 Å². The fraction of sp³-hybridized carbons (Fsp3) is 0.455. The van der Waals surface area contributed by atoms with Crippen LogP contribution in [0.25, 0.3) is 0 Å². The normalized spacial score (nSPS) is 14.9. The fourth-order valence-corrected chi connectivity index (χ4v) is 1.52. The second-order valence-corrected chi connectivity index (χ2v) is 3.61. The Labute approximate surface area is 89.2 Å². The molecule has 4 heteroatoms. The van der Waals surface area contributed by atoms with Gasteiger partial charge in [-0.15, -0.1) is 0 Å². The van der Waals surface area contributed by atoms with Gasteiger partial charge in [-0.3, -0.25) is 0 Å². The van der Waals surface area contributed by atoms with Crippen LogP contribution >= 0.6 is 0 Å². The van der Waals surface area contributed by atoms with Gasteiger partial charge in [-0.05, 0) is 37.2 Å². The summed E-state index contributed by atoms with van der Waals surface area (Å²) in [5.41, 5.74) is 1.40. The van der Waals surface area contributed by atoms with Gasteiger partial charge in [0.05, 0.1) is 6.10 Å². The van der Waals surface area contributed by atoms with E-state index in [0.29, 0.717) is 12.1 Å². The molecule has 0 saturated carbocycles. The summed E-state index contributed by atoms with van der Waals surface area (Å²) < 4.78 is 0. The van der Waals surface area contributed by atoms with Crippen LogP contribution in [0.15, 0.2) is 18.2 Å². The SMILES string of the molecule is CNCC(O)C(O)c1ccc(O)cc1C. The lowest BCUT2D eigenvalue weighted by atomic mass is 9.99. The molecule has 0 saturated heterocycles. The fourth-order valence-electron chi connectivity index (χ4n) is 1.52. The predicted molar refractivity (Wildman–Crippen MR) is 57.7 cm³/mol. The average Bonchev–Trinajstić information content (AvgIpc) is 2.17. The van der Waals surface area contributed by atoms with E-state index in [0.717, 1.165) is 5.56 Å². The standard InChI is InChI=1S/C11H17NO3/c1-7-5-8(13)3-4-9(7)11(15)10(14)6-12-2/h3-5,10-15H,6H2,1-2H3. The zero-order chi connectivity index (χ0) is 11.4. The van der Waals surface area contributed by atoms with Crippen molar-refractivity contribution in [3.63, 3.8) is 0 Å². The number of rotatable bonds is 4. The quantitative estimate of drug-likeness (QED) is 0.578. The number of hydrogen-bond donors (Lipinski definition) is 4. The highest BCUT2D eigenvalue weighted by Gasteiger charge is 2.19. The van der Waals surface area contributed by atoms with Gasteiger partial charge in [0.2, 0.25) is 0 Å². The summed E-state index contributed by atoms with van der Waals surface area (Å²) in [6, 6.07) is 4.68. The van der Waals surface area contributed by atoms with Crippen LogP contribution in [0, 0.1) is 6.92 Å². The minimum Gasteiger partial charge on any atom is -0.508 e. The van der Waals surface area contributed by atoms with Gasteiger partial charge in [0.1, 0.15) is 11.9 Å². The molecule has 1 aromatic rings. The molecule has 0 fully saturated rings. The number of phenolic OH excluding ortho intramolecular Hbond substituents is 1. The van der Waals surface area contributed by atoms with Gasteiger partial charge in [0, 0.05) is 6.54 Å². The molecule has 0 heterocycles. The average molecular weight is 211 g/mol. The minimum absolute atomic E-state index is 0.159. The van der Waals surface area contributed by atoms with Crippen LogP contribution in [0.5, 0.6) is 5.75 Å². The van der Waals surface area contributed by atoms with E-state index in [1.54, 1.807) is 26.1 Å². The summed E-state index contributed by atoms with van der Waals surface area (Å²) in [5.74, 6) is 0.159. The molecule has 0 aliphatic carbocycles. The molecule has 84 valence electrons. The van der Waals surface area contributed by atoms with Crippen LogP contribution in [0.4, 0.5) is 0 Å². The third-order valence-electron chi connectivity index (χ3n) is 2.35. The Morgan fingerprint density at radius 3 is 2.53 bits per heavy atom. The van der Waals surface area contributed by atoms with E-state index in [1.165, 1.54) is 6.07 Å². The number of aliphatic hydroxyl groups is 2. The second-order valence-electron chi connectivity index (χ2n) is 3.61. The first-order valence-electron chi connectivity index (χ1n) is 4.86. The molecule has 1 rings (SSSR count). The Hall–Kier alpha value is -1.10. The minimum atomic E-state index is -0.932. The molecule has 4 nitrogen and oxygen atoms in total. The summed E-state index contributed by atoms with van der Waals surface area (Å²) in [5, 5.41) is 31.4. The van der Waals surface area contributed by atoms with Crippen molar-refractivity contribution in [2.75, 3.05) is 13.6 Å². The van der Waals surface area contributed by atoms with Gasteiger partial charge in [-0.2, -0.15) is 0 Å². The van der Waals surface area contributed by atoms with Crippen LogP contribution in [0.3, 0.4) is 0 Å². The lowest BCUT2D eigenvalue weighted by Crippen LogP contribution is -2.29. The molecule has 4 N–H and O–H groups in total. The van der Waals surface area contributed by atoms with Crippen molar-refractivity contribution in [2.45, 2.75) is 19.1 Å². The molecular formula is C11H17NO3. The van der Waals surface area contributed by atoms with Crippen molar-refractivity contribution in [1.82, 2.24) is 5.32 Å². The maximum absolute atomic E-state index is 9.82. The zero-order valence-electron chi connectivity index (χ0n) is 8.94. The van der Waals surface area contributed by atoms with Gasteiger partial charge in [-0.25, -0.2) is 0 Å². The Kier molecular flexibility index (Phi) is 4.08. The predicted octanol–water partition coefficient (Wildman–Crippen LogP) is 0.314. The second kappa shape index (κ2) is 5.11. The summed E-state index contributed by atoms with van der Waals surface area (Å²) in [7, 11) is 1.71. The largest absolute Gasteiger partial charge is 0.508 e. The Morgan fingerprint density at radius 2 is 2.00 bits per heavy atom. The lowest BCUT2D eigenvalue weighted by Gasteiger charge is -2.19. The summed E-state index contributed by atoms with van der Waals surface area (Å²) >= 11 is 0. The number of aromatic hydroxyl groups is 1. The molecule has 2 unspecified atom stereocenters. The Morgan fingerprint density at radius 1 is 1.33 bits per heavy atom. The van der Waals surface area contributed by atoms with Gasteiger partial charge >= 0.3 is 0 Å². The van der Waals surface area contributed by atoms with Crippen LogP contribution in [0.1, 0.15) is 17.2 Å². The molecule has 0 amide bonds. The molecule has 0 aromatic heterocycles. The third-order valence-corrected chi connectivity index (χ3v) is 2.35. The maximum Gasteiger partial charge on any atom is 0.115 e. The van der Waals surface area contributed by atoms with E-state index in [2.05, 4.69) is 5.32 Å². The van der Waals surface area contributed by atoms with Crippen molar-refractivity contribution < 1.29 is 15.3 Å². The van der Waals surface area contributed by atoms with E-state index in [1.807, 2.05) is 0 Å². The molecule has 0 radical (unpaired) electrons. The lowest BCUT2D eigenvalue weighted by molar-refractivity contribution is 0.0198. The van der Waals surface area contributed by atoms with Crippen molar-refractivity contribution in [3.8, 4) is 5.75 Å². The summed E-state index contributed by atoms with van der Waals surface area (Å²) in [4.78, 5) is 0. The number of nitrogens with one attached hydrogen (secondary N) is 1. The van der Waals surface area contributed by atoms with Crippen molar-refractivity contribution in [3.05, 3.63) is 29.3 Å². The number of aryl methyl sites for hydroxylation is 1. The smallest absolute Gasteiger partial charge is 0.115 e. The van der Waals surface area contributed by atoms with Crippen molar-refractivity contribution in [2.24, 2.45) is 0 Å². The molecule has 15 heavy (non-hydrogen) atoms. The van der Waals surface area contributed by atoms with Crippen LogP contribution in [-0.2, 0) is 0 Å². The summed E-state index contributed by atoms with van der Waals surface area (Å²) in [6.07, 6.45) is -1.78. The third kappa shape index (κ3) is 2.92. The van der Waals surface area contributed by atoms with Gasteiger partial charge < -0.3 is 20.6 Å². The van der Waals surface area contributed by atoms with E-state index in [4.69, 9.17) is 0 Å². The topological polar surface area (TPSA) is 72.7 Å². The first kappa shape index (κ1) is 12.0. The zero-order valence-corrected chi connectivity index (χ0v) is 8.94. The van der Waals surface area contributed by atoms with Crippen molar-refractivity contribution in [1.29, 1.82) is 0 Å². The summed E-state index contributed by atoms with van der Waals surface area (Å²) in [6.45, 7) is 2.10. The maximum atomic E-state index is 9.82. The van der Waals surface area contributed by atoms with E-state index < -0.39 is 12.2 Å². The van der Waals surface area contributed by atoms with E-state index in [-0.39, 0.29) is 5.75 Å². The Balaban J connectivity index is 2.86. The van der Waals surface area contributed by atoms with Crippen LogP contribution in [-0.4, -0.2) is 35.0 Å². The molecule has 1 aromatic carbocycles. The monoisotopic (exact) mass is 211 g/mol. The first-order chi connectivity index (χ1) is 7.06. The van der Waals surface area contributed by atoms with Gasteiger partial charge in [0.15, 0.2) is 0 Å². The van der Waals surface area contributed by atoms with Crippen LogP contribution < -0.4 is 5.32 Å². The number of phenols is 1. The molecule has 2 atom stereocenters. The number of benzene rings is 1. The molecule has 0 spiro atoms. The van der Waals surface area contributed by atoms with Crippen LogP contribution in [0.2, 0.25) is 0 Å². The number of aliphatic hydroxyl groups excluding tert-OH is 2. The number of hydrogen-bond acceptors (Lipinski definition) is 4. The Bertz CT molecular complexity index is 328. The molecule has 0 aliphatic heterocycles. The highest BCUT2D eigenvalue weighted by atomic mass is 16.3.